The van der Waals surface area contributed by atoms with Crippen LogP contribution < -0.4 is 10.7 Å². The number of aromatic amines is 2. The first-order valence-electron chi connectivity index (χ1n) is 20.8. The van der Waals surface area contributed by atoms with E-state index in [-0.39, 0.29) is 41.7 Å². The van der Waals surface area contributed by atoms with Gasteiger partial charge in [-0.25, -0.2) is 25.0 Å². The Bertz CT molecular complexity index is 2100. The number of nitrogens with zero attached hydrogens (tertiary/aromatic N) is 3. The van der Waals surface area contributed by atoms with Gasteiger partial charge in [-0.05, 0) is 98.1 Å². The standard InChI is InChI=1S/C45H57N7O6/c1-26(2)38(49-44(55)57-5)43(54)51-24-10-15-37(51)40-33-14-9-13-32(33)39(48-40)31-22-18-29(19-23-31)28-16-20-30(21-17-28)36-25-46-41(47-36)34-11-7-8-12-35(34)42(53)52(27(3)4)50-45(56)58-6/h16-23,25-27,34-35,37-38,48H,7-15,24H2,1-6H3,(H,46,47)(H,49,55)(H,50,56)/t34?,35-,37-,38-/m0/s1. The molecular formula is C45H57N7O6. The summed E-state index contributed by atoms with van der Waals surface area (Å²) in [6.07, 6.45) is 8.96. The molecule has 1 aliphatic heterocycles. The Hall–Kier alpha value is -5.59. The van der Waals surface area contributed by atoms with Crippen LogP contribution >= 0.6 is 0 Å². The Morgan fingerprint density at radius 2 is 1.41 bits per heavy atom. The number of rotatable bonds is 10. The number of carbonyl (C=O) groups excluding carboxylic acids is 4. The molecule has 4 amide bonds. The number of ether oxygens (including phenoxy) is 2. The predicted octanol–water partition coefficient (Wildman–Crippen LogP) is 8.05. The van der Waals surface area contributed by atoms with Crippen molar-refractivity contribution in [1.29, 1.82) is 0 Å². The molecule has 0 radical (unpaired) electrons. The predicted molar refractivity (Wildman–Crippen MR) is 221 cm³/mol. The summed E-state index contributed by atoms with van der Waals surface area (Å²) in [6, 6.07) is 16.1. The number of carbonyl (C=O) groups is 4. The number of nitrogens with one attached hydrogen (secondary N) is 4. The van der Waals surface area contributed by atoms with Gasteiger partial charge in [0.15, 0.2) is 0 Å². The average Bonchev–Trinajstić information content (AvgIpc) is 4.07. The Labute approximate surface area is 340 Å². The summed E-state index contributed by atoms with van der Waals surface area (Å²) in [5.41, 5.74) is 12.8. The molecule has 0 spiro atoms. The van der Waals surface area contributed by atoms with Crippen LogP contribution in [-0.4, -0.2) is 81.7 Å². The van der Waals surface area contributed by atoms with E-state index in [0.29, 0.717) is 6.54 Å². The van der Waals surface area contributed by atoms with Crippen molar-refractivity contribution in [2.45, 2.75) is 110 Å². The second-order valence-corrected chi connectivity index (χ2v) is 16.5. The second kappa shape index (κ2) is 17.5. The number of amides is 4. The van der Waals surface area contributed by atoms with E-state index in [0.717, 1.165) is 103 Å². The lowest BCUT2D eigenvalue weighted by molar-refractivity contribution is -0.142. The number of hydrazine groups is 1. The molecule has 2 aliphatic carbocycles. The van der Waals surface area contributed by atoms with Crippen molar-refractivity contribution >= 4 is 24.0 Å². The average molecular weight is 792 g/mol. The highest BCUT2D eigenvalue weighted by molar-refractivity contribution is 5.87. The number of hydrogen-bond donors (Lipinski definition) is 4. The van der Waals surface area contributed by atoms with Crippen LogP contribution in [0.3, 0.4) is 0 Å². The quantitative estimate of drug-likeness (QED) is 0.118. The van der Waals surface area contributed by atoms with Gasteiger partial charge in [0, 0.05) is 35.8 Å². The van der Waals surface area contributed by atoms with Gasteiger partial charge < -0.3 is 29.7 Å². The van der Waals surface area contributed by atoms with Crippen molar-refractivity contribution in [3.8, 4) is 33.6 Å². The summed E-state index contributed by atoms with van der Waals surface area (Å²) >= 11 is 0. The number of likely N-dealkylation sites (tertiary alicyclic amines) is 1. The first kappa shape index (κ1) is 40.6. The molecule has 0 bridgehead atoms. The van der Waals surface area contributed by atoms with Gasteiger partial charge in [0.25, 0.3) is 0 Å². The molecule has 3 heterocycles. The van der Waals surface area contributed by atoms with E-state index >= 15 is 0 Å². The topological polar surface area (TPSA) is 162 Å². The third kappa shape index (κ3) is 8.21. The molecule has 2 aromatic heterocycles. The second-order valence-electron chi connectivity index (χ2n) is 16.5. The van der Waals surface area contributed by atoms with Crippen molar-refractivity contribution in [3.05, 3.63) is 77.4 Å². The minimum absolute atomic E-state index is 0.0605. The lowest BCUT2D eigenvalue weighted by Gasteiger charge is -2.35. The first-order chi connectivity index (χ1) is 28.0. The minimum atomic E-state index is -0.664. The molecule has 308 valence electrons. The normalized spacial score (nSPS) is 19.5. The molecule has 58 heavy (non-hydrogen) atoms. The highest BCUT2D eigenvalue weighted by Crippen LogP contribution is 2.43. The Morgan fingerprint density at radius 3 is 2.07 bits per heavy atom. The van der Waals surface area contributed by atoms with Crippen LogP contribution in [0.4, 0.5) is 9.59 Å². The van der Waals surface area contributed by atoms with Crippen molar-refractivity contribution in [2.24, 2.45) is 11.8 Å². The number of hydrogen-bond acceptors (Lipinski definition) is 7. The number of H-pyrrole nitrogens is 2. The van der Waals surface area contributed by atoms with Crippen molar-refractivity contribution < 1.29 is 28.7 Å². The molecule has 1 saturated carbocycles. The largest absolute Gasteiger partial charge is 0.453 e. The zero-order chi connectivity index (χ0) is 41.1. The molecule has 7 rings (SSSR count). The fourth-order valence-corrected chi connectivity index (χ4v) is 9.20. The summed E-state index contributed by atoms with van der Waals surface area (Å²) in [4.78, 5) is 65.7. The highest BCUT2D eigenvalue weighted by Gasteiger charge is 2.40. The van der Waals surface area contributed by atoms with E-state index in [1.807, 2.05) is 38.8 Å². The molecule has 1 unspecified atom stereocenters. The SMILES string of the molecule is COC(=O)N[C@H](C(=O)N1CCC[C@H]1c1[nH]c(-c2ccc(-c3ccc(-c4cnc(C5CCCC[C@@H]5C(=O)N(NC(=O)OC)C(C)C)[nH]4)cc3)cc2)c2c1CCC2)C(C)C. The fourth-order valence-electron chi connectivity index (χ4n) is 9.20. The van der Waals surface area contributed by atoms with Gasteiger partial charge in [0.1, 0.15) is 11.9 Å². The van der Waals surface area contributed by atoms with Gasteiger partial charge in [0.2, 0.25) is 11.8 Å². The van der Waals surface area contributed by atoms with Gasteiger partial charge in [-0.1, -0.05) is 75.2 Å². The summed E-state index contributed by atoms with van der Waals surface area (Å²) in [6.45, 7) is 8.27. The Morgan fingerprint density at radius 1 is 0.776 bits per heavy atom. The molecule has 13 heteroatoms. The van der Waals surface area contributed by atoms with E-state index in [2.05, 4.69) is 69.2 Å². The summed E-state index contributed by atoms with van der Waals surface area (Å²) in [5, 5.41) is 4.15. The third-order valence-electron chi connectivity index (χ3n) is 12.2. The lowest BCUT2D eigenvalue weighted by Crippen LogP contribution is -2.53. The van der Waals surface area contributed by atoms with Crippen molar-refractivity contribution in [1.82, 2.24) is 35.6 Å². The number of methoxy groups -OCH3 is 2. The van der Waals surface area contributed by atoms with E-state index < -0.39 is 18.2 Å². The number of imidazole rings is 1. The van der Waals surface area contributed by atoms with Gasteiger partial charge in [0.05, 0.1) is 32.2 Å². The fraction of sp³-hybridized carbons (Fsp3) is 0.489. The molecule has 3 aliphatic rings. The third-order valence-corrected chi connectivity index (χ3v) is 12.2. The molecule has 4 atom stereocenters. The lowest BCUT2D eigenvalue weighted by atomic mass is 9.78. The first-order valence-corrected chi connectivity index (χ1v) is 20.8. The van der Waals surface area contributed by atoms with Crippen LogP contribution in [-0.2, 0) is 31.9 Å². The van der Waals surface area contributed by atoms with Crippen LogP contribution in [0.15, 0.2) is 54.7 Å². The molecule has 13 nitrogen and oxygen atoms in total. The van der Waals surface area contributed by atoms with Crippen molar-refractivity contribution in [3.63, 3.8) is 0 Å². The molecule has 2 fully saturated rings. The molecule has 4 N–H and O–H groups in total. The summed E-state index contributed by atoms with van der Waals surface area (Å²) in [7, 11) is 2.60. The maximum absolute atomic E-state index is 13.9. The van der Waals surface area contributed by atoms with Crippen LogP contribution in [0, 0.1) is 11.8 Å². The van der Waals surface area contributed by atoms with Crippen LogP contribution in [0.25, 0.3) is 33.6 Å². The molecule has 1 saturated heterocycles. The van der Waals surface area contributed by atoms with Crippen LogP contribution in [0.2, 0.25) is 0 Å². The maximum atomic E-state index is 13.9. The van der Waals surface area contributed by atoms with E-state index in [1.165, 1.54) is 30.4 Å². The summed E-state index contributed by atoms with van der Waals surface area (Å²) < 4.78 is 9.59. The number of fused-ring (bicyclic) bond motifs is 1. The Kier molecular flexibility index (Phi) is 12.2. The molecule has 4 aromatic rings. The summed E-state index contributed by atoms with van der Waals surface area (Å²) in [5.74, 6) is 0.123. The van der Waals surface area contributed by atoms with Gasteiger partial charge >= 0.3 is 12.2 Å². The van der Waals surface area contributed by atoms with Crippen LogP contribution in [0.1, 0.15) is 107 Å². The van der Waals surface area contributed by atoms with E-state index in [4.69, 9.17) is 14.5 Å². The molecular weight excluding hydrogens is 735 g/mol. The smallest absolute Gasteiger partial charge is 0.425 e. The molecule has 2 aromatic carbocycles. The zero-order valence-corrected chi connectivity index (χ0v) is 34.5. The van der Waals surface area contributed by atoms with Crippen molar-refractivity contribution in [2.75, 3.05) is 20.8 Å². The maximum Gasteiger partial charge on any atom is 0.425 e. The monoisotopic (exact) mass is 791 g/mol. The van der Waals surface area contributed by atoms with Gasteiger partial charge in [-0.15, -0.1) is 0 Å². The Balaban J connectivity index is 1.06. The minimum Gasteiger partial charge on any atom is -0.453 e. The van der Waals surface area contributed by atoms with E-state index in [1.54, 1.807) is 0 Å². The van der Waals surface area contributed by atoms with E-state index in [9.17, 15) is 19.2 Å². The number of alkyl carbamates (subject to hydrolysis) is 1. The zero-order valence-electron chi connectivity index (χ0n) is 34.5. The van der Waals surface area contributed by atoms with Gasteiger partial charge in [-0.3, -0.25) is 9.59 Å². The highest BCUT2D eigenvalue weighted by atomic mass is 16.5. The number of benzene rings is 2. The number of aromatic nitrogens is 3. The van der Waals surface area contributed by atoms with Crippen LogP contribution in [0.5, 0.6) is 0 Å². The van der Waals surface area contributed by atoms with Gasteiger partial charge in [-0.2, -0.15) is 0 Å².